The minimum atomic E-state index is -0.445. The standard InChI is InChI=1S/C15H25N3O/c1-17(2)14-6-8-18(9-7-14)11-15(19)12-4-3-5-13(16)10-12/h3-5,10,14-15,19H,6-9,11,16H2,1-2H3. The van der Waals surface area contributed by atoms with Gasteiger partial charge in [0, 0.05) is 18.3 Å². The van der Waals surface area contributed by atoms with E-state index in [-0.39, 0.29) is 0 Å². The van der Waals surface area contributed by atoms with Crippen LogP contribution >= 0.6 is 0 Å². The lowest BCUT2D eigenvalue weighted by atomic mass is 10.0. The molecule has 0 bridgehead atoms. The first-order valence-corrected chi connectivity index (χ1v) is 6.98. The first kappa shape index (κ1) is 14.3. The summed E-state index contributed by atoms with van der Waals surface area (Å²) in [6, 6.07) is 8.22. The summed E-state index contributed by atoms with van der Waals surface area (Å²) in [4.78, 5) is 4.64. The molecule has 0 aliphatic carbocycles. The van der Waals surface area contributed by atoms with Crippen LogP contribution in [0.3, 0.4) is 0 Å². The summed E-state index contributed by atoms with van der Waals surface area (Å²) in [6.45, 7) is 2.81. The van der Waals surface area contributed by atoms with Crippen LogP contribution in [0, 0.1) is 0 Å². The summed E-state index contributed by atoms with van der Waals surface area (Å²) < 4.78 is 0. The van der Waals surface area contributed by atoms with Gasteiger partial charge in [0.05, 0.1) is 6.10 Å². The van der Waals surface area contributed by atoms with Crippen molar-refractivity contribution in [3.63, 3.8) is 0 Å². The predicted octanol–water partition coefficient (Wildman–Crippen LogP) is 1.33. The maximum absolute atomic E-state index is 10.3. The molecule has 0 amide bonds. The number of benzene rings is 1. The van der Waals surface area contributed by atoms with Gasteiger partial charge in [-0.1, -0.05) is 12.1 Å². The lowest BCUT2D eigenvalue weighted by molar-refractivity contribution is 0.0799. The Labute approximate surface area is 115 Å². The number of hydrogen-bond donors (Lipinski definition) is 2. The van der Waals surface area contributed by atoms with Crippen molar-refractivity contribution in [3.8, 4) is 0 Å². The predicted molar refractivity (Wildman–Crippen MR) is 79.0 cm³/mol. The Morgan fingerprint density at radius 3 is 2.63 bits per heavy atom. The quantitative estimate of drug-likeness (QED) is 0.805. The Balaban J connectivity index is 1.85. The van der Waals surface area contributed by atoms with E-state index in [0.29, 0.717) is 18.3 Å². The lowest BCUT2D eigenvalue weighted by Gasteiger charge is -2.36. The van der Waals surface area contributed by atoms with Gasteiger partial charge in [0.15, 0.2) is 0 Å². The van der Waals surface area contributed by atoms with Crippen LogP contribution in [0.2, 0.25) is 0 Å². The zero-order chi connectivity index (χ0) is 13.8. The van der Waals surface area contributed by atoms with Crippen molar-refractivity contribution in [2.24, 2.45) is 0 Å². The highest BCUT2D eigenvalue weighted by atomic mass is 16.3. The number of nitrogen functional groups attached to an aromatic ring is 1. The highest BCUT2D eigenvalue weighted by Crippen LogP contribution is 2.20. The van der Waals surface area contributed by atoms with Gasteiger partial charge in [0.25, 0.3) is 0 Å². The summed E-state index contributed by atoms with van der Waals surface area (Å²) in [5.41, 5.74) is 7.37. The number of nitrogens with two attached hydrogens (primary N) is 1. The summed E-state index contributed by atoms with van der Waals surface area (Å²) >= 11 is 0. The van der Waals surface area contributed by atoms with Crippen molar-refractivity contribution in [2.75, 3.05) is 39.5 Å². The van der Waals surface area contributed by atoms with Gasteiger partial charge < -0.3 is 20.6 Å². The molecule has 1 unspecified atom stereocenters. The first-order chi connectivity index (χ1) is 9.06. The van der Waals surface area contributed by atoms with Crippen LogP contribution in [0.1, 0.15) is 24.5 Å². The minimum Gasteiger partial charge on any atom is -0.399 e. The third kappa shape index (κ3) is 3.93. The number of piperidine rings is 1. The molecule has 4 heteroatoms. The van der Waals surface area contributed by atoms with Gasteiger partial charge in [-0.3, -0.25) is 0 Å². The van der Waals surface area contributed by atoms with Gasteiger partial charge in [-0.15, -0.1) is 0 Å². The van der Waals surface area contributed by atoms with E-state index in [0.717, 1.165) is 18.7 Å². The maximum Gasteiger partial charge on any atom is 0.0917 e. The summed E-state index contributed by atoms with van der Waals surface area (Å²) in [7, 11) is 4.28. The molecule has 1 aromatic rings. The van der Waals surface area contributed by atoms with Gasteiger partial charge >= 0.3 is 0 Å². The number of rotatable bonds is 4. The second-order valence-electron chi connectivity index (χ2n) is 5.68. The summed E-state index contributed by atoms with van der Waals surface area (Å²) in [5, 5.41) is 10.3. The van der Waals surface area contributed by atoms with E-state index in [2.05, 4.69) is 23.9 Å². The van der Waals surface area contributed by atoms with Crippen LogP contribution in [0.25, 0.3) is 0 Å². The number of likely N-dealkylation sites (tertiary alicyclic amines) is 1. The van der Waals surface area contributed by atoms with E-state index in [1.54, 1.807) is 0 Å². The van der Waals surface area contributed by atoms with Gasteiger partial charge in [-0.25, -0.2) is 0 Å². The monoisotopic (exact) mass is 263 g/mol. The highest BCUT2D eigenvalue weighted by molar-refractivity contribution is 5.41. The lowest BCUT2D eigenvalue weighted by Crippen LogP contribution is -2.43. The maximum atomic E-state index is 10.3. The largest absolute Gasteiger partial charge is 0.399 e. The number of nitrogens with zero attached hydrogens (tertiary/aromatic N) is 2. The summed E-state index contributed by atoms with van der Waals surface area (Å²) in [6.07, 6.45) is 1.91. The molecular weight excluding hydrogens is 238 g/mol. The van der Waals surface area contributed by atoms with Crippen LogP contribution in [-0.4, -0.2) is 54.7 Å². The number of β-amino-alcohol motifs (C(OH)–C–C–N with tert-alkyl or cyclic N) is 1. The average molecular weight is 263 g/mol. The van der Waals surface area contributed by atoms with Gasteiger partial charge in [-0.2, -0.15) is 0 Å². The molecule has 1 aliphatic rings. The molecule has 19 heavy (non-hydrogen) atoms. The van der Waals surface area contributed by atoms with E-state index in [9.17, 15) is 5.11 Å². The third-order valence-electron chi connectivity index (χ3n) is 4.01. The van der Waals surface area contributed by atoms with Crippen LogP contribution < -0.4 is 5.73 Å². The normalized spacial score (nSPS) is 19.8. The molecule has 0 saturated carbocycles. The van der Waals surface area contributed by atoms with Crippen LogP contribution in [0.5, 0.6) is 0 Å². The number of aliphatic hydroxyl groups excluding tert-OH is 1. The number of aliphatic hydroxyl groups is 1. The van der Waals surface area contributed by atoms with E-state index >= 15 is 0 Å². The Bertz CT molecular complexity index is 400. The molecule has 1 fully saturated rings. The smallest absolute Gasteiger partial charge is 0.0917 e. The average Bonchev–Trinajstić information content (AvgIpc) is 2.39. The Morgan fingerprint density at radius 2 is 2.05 bits per heavy atom. The van der Waals surface area contributed by atoms with E-state index in [1.807, 2.05) is 24.3 Å². The van der Waals surface area contributed by atoms with E-state index in [4.69, 9.17) is 5.73 Å². The first-order valence-electron chi connectivity index (χ1n) is 6.98. The molecular formula is C15H25N3O. The van der Waals surface area contributed by atoms with Crippen molar-refractivity contribution in [1.82, 2.24) is 9.80 Å². The van der Waals surface area contributed by atoms with Crippen LogP contribution in [-0.2, 0) is 0 Å². The highest BCUT2D eigenvalue weighted by Gasteiger charge is 2.22. The van der Waals surface area contributed by atoms with Gasteiger partial charge in [0.1, 0.15) is 0 Å². The molecule has 1 aliphatic heterocycles. The SMILES string of the molecule is CN(C)C1CCN(CC(O)c2cccc(N)c2)CC1. The second kappa shape index (κ2) is 6.37. The zero-order valence-electron chi connectivity index (χ0n) is 11.9. The molecule has 1 saturated heterocycles. The van der Waals surface area contributed by atoms with Crippen molar-refractivity contribution in [2.45, 2.75) is 25.0 Å². The fourth-order valence-electron chi connectivity index (χ4n) is 2.73. The Hall–Kier alpha value is -1.10. The van der Waals surface area contributed by atoms with Crippen molar-refractivity contribution in [1.29, 1.82) is 0 Å². The molecule has 1 aromatic carbocycles. The molecule has 106 valence electrons. The molecule has 0 radical (unpaired) electrons. The molecule has 0 aromatic heterocycles. The molecule has 4 nitrogen and oxygen atoms in total. The summed E-state index contributed by atoms with van der Waals surface area (Å²) in [5.74, 6) is 0. The van der Waals surface area contributed by atoms with Crippen LogP contribution in [0.15, 0.2) is 24.3 Å². The molecule has 3 N–H and O–H groups in total. The molecule has 2 rings (SSSR count). The fraction of sp³-hybridized carbons (Fsp3) is 0.600. The fourth-order valence-corrected chi connectivity index (χ4v) is 2.73. The van der Waals surface area contributed by atoms with Crippen molar-refractivity contribution >= 4 is 5.69 Å². The van der Waals surface area contributed by atoms with Crippen molar-refractivity contribution in [3.05, 3.63) is 29.8 Å². The van der Waals surface area contributed by atoms with Crippen LogP contribution in [0.4, 0.5) is 5.69 Å². The molecule has 1 heterocycles. The molecule has 1 atom stereocenters. The topological polar surface area (TPSA) is 52.7 Å². The van der Waals surface area contributed by atoms with Gasteiger partial charge in [-0.05, 0) is 57.7 Å². The van der Waals surface area contributed by atoms with E-state index in [1.165, 1.54) is 12.8 Å². The Morgan fingerprint density at radius 1 is 1.37 bits per heavy atom. The van der Waals surface area contributed by atoms with E-state index < -0.39 is 6.10 Å². The third-order valence-corrected chi connectivity index (χ3v) is 4.01. The Kier molecular flexibility index (Phi) is 4.80. The molecule has 0 spiro atoms. The minimum absolute atomic E-state index is 0.445. The van der Waals surface area contributed by atoms with Crippen molar-refractivity contribution < 1.29 is 5.11 Å². The van der Waals surface area contributed by atoms with Gasteiger partial charge in [0.2, 0.25) is 0 Å². The second-order valence-corrected chi connectivity index (χ2v) is 5.68. The number of hydrogen-bond acceptors (Lipinski definition) is 4. The number of anilines is 1. The zero-order valence-corrected chi connectivity index (χ0v) is 11.9.